The molecule has 7 aromatic rings. The van der Waals surface area contributed by atoms with E-state index in [9.17, 15) is 0 Å². The van der Waals surface area contributed by atoms with Gasteiger partial charge in [-0.2, -0.15) is 10.0 Å². The van der Waals surface area contributed by atoms with Crippen molar-refractivity contribution in [1.29, 1.82) is 0 Å². The Labute approximate surface area is 321 Å². The number of methoxy groups -OCH3 is 1. The fourth-order valence-electron chi connectivity index (χ4n) is 7.63. The van der Waals surface area contributed by atoms with E-state index in [-0.39, 0.29) is 6.17 Å². The minimum atomic E-state index is -1.25. The maximum atomic E-state index is 5.89. The molecule has 0 spiro atoms. The second kappa shape index (κ2) is 14.7. The van der Waals surface area contributed by atoms with Gasteiger partial charge in [-0.1, -0.05) is 158 Å². The molecule has 0 bridgehead atoms. The van der Waals surface area contributed by atoms with Gasteiger partial charge in [0.15, 0.2) is 0 Å². The van der Waals surface area contributed by atoms with Crippen LogP contribution in [0.4, 0.5) is 0 Å². The van der Waals surface area contributed by atoms with E-state index >= 15 is 0 Å². The third kappa shape index (κ3) is 6.55. The summed E-state index contributed by atoms with van der Waals surface area (Å²) in [5.74, 6) is 0.838. The summed E-state index contributed by atoms with van der Waals surface area (Å²) in [6.07, 6.45) is 4.46. The molecule has 8 rings (SSSR count). The molecular weight excluding hydrogens is 677 g/mol. The second-order valence-electron chi connectivity index (χ2n) is 14.1. The molecule has 0 radical (unpaired) electrons. The summed E-state index contributed by atoms with van der Waals surface area (Å²) in [5.41, 5.74) is 14.6. The molecule has 1 unspecified atom stereocenters. The molecule has 7 aromatic carbocycles. The van der Waals surface area contributed by atoms with Crippen molar-refractivity contribution >= 4 is 21.4 Å². The van der Waals surface area contributed by atoms with Gasteiger partial charge in [-0.25, -0.2) is 0 Å². The zero-order valence-electron chi connectivity index (χ0n) is 31.2. The average Bonchev–Trinajstić information content (AvgIpc) is 3.46. The van der Waals surface area contributed by atoms with E-state index in [0.29, 0.717) is 0 Å². The molecule has 0 fully saturated rings. The molecule has 54 heavy (non-hydrogen) atoms. The molecule has 266 valence electrons. The lowest BCUT2D eigenvalue weighted by Crippen LogP contribution is -2.19. The Morgan fingerprint density at radius 1 is 0.574 bits per heavy atom. The second-order valence-corrected chi connectivity index (χ2v) is 17.6. The molecule has 3 nitrogen and oxygen atoms in total. The third-order valence-electron chi connectivity index (χ3n) is 10.5. The first-order valence-electron chi connectivity index (χ1n) is 18.3. The number of nitrogens with zero attached hydrogens (tertiary/aromatic N) is 1. The zero-order chi connectivity index (χ0) is 37.2. The van der Waals surface area contributed by atoms with Gasteiger partial charge in [0.05, 0.1) is 7.11 Å². The number of rotatable bonds is 10. The van der Waals surface area contributed by atoms with Crippen LogP contribution in [0.1, 0.15) is 29.8 Å². The number of ether oxygens (including phenoxy) is 1. The number of nitrogens with one attached hydrogen (secondary N) is 1. The summed E-state index contributed by atoms with van der Waals surface area (Å²) in [6, 6.07) is 60.1. The summed E-state index contributed by atoms with van der Waals surface area (Å²) in [5, 5.41) is 3.75. The largest absolute Gasteiger partial charge is 0.496 e. The third-order valence-corrected chi connectivity index (χ3v) is 13.4. The standard InChI is InChI=1S/C50H44N2OS/c1-34(36-17-9-6-10-18-36)51-50(40-29-27-39(28-30-40)48-42(23-15-25-45(48)53-3)37-19-11-7-12-20-37)52-35(2)41-31-32-44-47(33-41)54(4,5)46-26-16-24-43(49(44)46)38-21-13-8-14-22-38/h6-33,50,52H,2H2,1,3-5H3. The van der Waals surface area contributed by atoms with Crippen molar-refractivity contribution in [3.63, 3.8) is 0 Å². The van der Waals surface area contributed by atoms with Crippen LogP contribution >= 0.6 is 10.0 Å². The van der Waals surface area contributed by atoms with Gasteiger partial charge < -0.3 is 10.1 Å². The van der Waals surface area contributed by atoms with Crippen LogP contribution < -0.4 is 10.1 Å². The highest BCUT2D eigenvalue weighted by Crippen LogP contribution is 2.68. The molecule has 0 aromatic heterocycles. The average molecular weight is 721 g/mol. The summed E-state index contributed by atoms with van der Waals surface area (Å²) in [4.78, 5) is 8.11. The summed E-state index contributed by atoms with van der Waals surface area (Å²) in [6.45, 7) is 6.68. The Morgan fingerprint density at radius 3 is 1.80 bits per heavy atom. The number of hydrogen-bond acceptors (Lipinski definition) is 3. The summed E-state index contributed by atoms with van der Waals surface area (Å²) in [7, 11) is 0.479. The SMILES string of the molecule is C=C(NC(N=C(C)c1ccccc1)c1ccc(-c2c(OC)cccc2-c2ccccc2)cc1)c1ccc2c(c1)S(C)(C)c1cccc(-c3ccccc3)c1-2. The fraction of sp³-hybridized carbons (Fsp3) is 0.100. The highest BCUT2D eigenvalue weighted by molar-refractivity contribution is 8.33. The van der Waals surface area contributed by atoms with Gasteiger partial charge in [-0.05, 0) is 87.7 Å². The molecule has 1 atom stereocenters. The number of aliphatic imine (C=N–C) groups is 1. The molecule has 1 aliphatic heterocycles. The van der Waals surface area contributed by atoms with Gasteiger partial charge in [-0.3, -0.25) is 4.99 Å². The molecule has 1 N–H and O–H groups in total. The maximum absolute atomic E-state index is 5.89. The molecule has 0 aliphatic carbocycles. The lowest BCUT2D eigenvalue weighted by molar-refractivity contribution is 0.416. The van der Waals surface area contributed by atoms with Crippen LogP contribution in [0.25, 0.3) is 50.2 Å². The van der Waals surface area contributed by atoms with Crippen LogP contribution in [0.5, 0.6) is 5.75 Å². The monoisotopic (exact) mass is 720 g/mol. The first-order chi connectivity index (χ1) is 26.3. The molecule has 0 amide bonds. The Bertz CT molecular complexity index is 2490. The van der Waals surface area contributed by atoms with Gasteiger partial charge >= 0.3 is 0 Å². The van der Waals surface area contributed by atoms with Crippen molar-refractivity contribution < 1.29 is 4.74 Å². The smallest absolute Gasteiger partial charge is 0.145 e. The van der Waals surface area contributed by atoms with E-state index in [2.05, 4.69) is 177 Å². The van der Waals surface area contributed by atoms with E-state index in [1.165, 1.54) is 32.0 Å². The van der Waals surface area contributed by atoms with Gasteiger partial charge in [-0.15, -0.1) is 0 Å². The maximum Gasteiger partial charge on any atom is 0.145 e. The van der Waals surface area contributed by atoms with Crippen molar-refractivity contribution in [3.8, 4) is 50.3 Å². The summed E-state index contributed by atoms with van der Waals surface area (Å²) < 4.78 is 5.89. The molecular formula is C50H44N2OS. The predicted octanol–water partition coefficient (Wildman–Crippen LogP) is 12.9. The quantitative estimate of drug-likeness (QED) is 0.143. The van der Waals surface area contributed by atoms with Crippen molar-refractivity contribution in [2.45, 2.75) is 22.9 Å². The number of fused-ring (bicyclic) bond motifs is 3. The van der Waals surface area contributed by atoms with Gasteiger partial charge in [0.2, 0.25) is 0 Å². The number of hydrogen-bond donors (Lipinski definition) is 1. The minimum absolute atomic E-state index is 0.367. The molecule has 1 aliphatic rings. The zero-order valence-corrected chi connectivity index (χ0v) is 32.0. The van der Waals surface area contributed by atoms with Crippen molar-refractivity contribution in [2.75, 3.05) is 19.6 Å². The van der Waals surface area contributed by atoms with E-state index in [4.69, 9.17) is 9.73 Å². The van der Waals surface area contributed by atoms with E-state index < -0.39 is 10.0 Å². The first kappa shape index (κ1) is 35.0. The Hall–Kier alpha value is -6.10. The molecule has 0 saturated heterocycles. The highest BCUT2D eigenvalue weighted by Gasteiger charge is 2.34. The topological polar surface area (TPSA) is 33.6 Å². The van der Waals surface area contributed by atoms with Gasteiger partial charge in [0, 0.05) is 32.3 Å². The van der Waals surface area contributed by atoms with Crippen LogP contribution in [0, 0.1) is 0 Å². The highest BCUT2D eigenvalue weighted by atomic mass is 32.3. The molecule has 1 heterocycles. The van der Waals surface area contributed by atoms with E-state index in [1.54, 1.807) is 7.11 Å². The van der Waals surface area contributed by atoms with Crippen molar-refractivity contribution in [3.05, 3.63) is 193 Å². The van der Waals surface area contributed by atoms with Gasteiger partial charge in [0.1, 0.15) is 11.9 Å². The lowest BCUT2D eigenvalue weighted by Gasteiger charge is -2.29. The Balaban J connectivity index is 1.15. The fourth-order valence-corrected chi connectivity index (χ4v) is 10.2. The van der Waals surface area contributed by atoms with Crippen molar-refractivity contribution in [2.24, 2.45) is 4.99 Å². The van der Waals surface area contributed by atoms with Crippen LogP contribution in [0.3, 0.4) is 0 Å². The lowest BCUT2D eigenvalue weighted by atomic mass is 9.93. The van der Waals surface area contributed by atoms with Crippen LogP contribution in [0.2, 0.25) is 0 Å². The number of benzene rings is 7. The van der Waals surface area contributed by atoms with E-state index in [0.717, 1.165) is 56.1 Å². The van der Waals surface area contributed by atoms with Crippen LogP contribution in [0.15, 0.2) is 191 Å². The Morgan fingerprint density at radius 2 is 1.17 bits per heavy atom. The summed E-state index contributed by atoms with van der Waals surface area (Å²) >= 11 is 0. The minimum Gasteiger partial charge on any atom is -0.496 e. The normalized spacial score (nSPS) is 14.0. The van der Waals surface area contributed by atoms with Crippen LogP contribution in [-0.2, 0) is 0 Å². The van der Waals surface area contributed by atoms with E-state index in [1.807, 2.05) is 24.3 Å². The predicted molar refractivity (Wildman–Crippen MR) is 231 cm³/mol. The first-order valence-corrected chi connectivity index (χ1v) is 20.7. The van der Waals surface area contributed by atoms with Crippen LogP contribution in [-0.4, -0.2) is 25.3 Å². The molecule has 4 heteroatoms. The van der Waals surface area contributed by atoms with Crippen molar-refractivity contribution in [1.82, 2.24) is 5.32 Å². The van der Waals surface area contributed by atoms with Gasteiger partial charge in [0.25, 0.3) is 0 Å². The Kier molecular flexibility index (Phi) is 9.54. The molecule has 0 saturated carbocycles.